The fraction of sp³-hybridized carbons (Fsp3) is 0.0909. The first-order valence-corrected chi connectivity index (χ1v) is 9.27. The molecule has 0 bridgehead atoms. The van der Waals surface area contributed by atoms with E-state index in [0.717, 1.165) is 0 Å². The van der Waals surface area contributed by atoms with Gasteiger partial charge in [-0.1, -0.05) is 23.7 Å². The molecule has 2 N–H and O–H groups in total. The second kappa shape index (κ2) is 7.61. The number of phenolic OH excluding ortho intramolecular Hbond substituents is 1. The molecular weight excluding hydrogens is 410 g/mol. The number of anilines is 1. The Labute approximate surface area is 176 Å². The first-order valence-electron chi connectivity index (χ1n) is 8.89. The first-order chi connectivity index (χ1) is 14.4. The van der Waals surface area contributed by atoms with Crippen LogP contribution in [0.3, 0.4) is 0 Å². The van der Waals surface area contributed by atoms with Crippen molar-refractivity contribution in [1.29, 1.82) is 0 Å². The number of Topliss-reactive ketones (excluding diaryl/α,β-unsaturated/α-hetero) is 1. The summed E-state index contributed by atoms with van der Waals surface area (Å²) in [4.78, 5) is 27.4. The molecule has 0 saturated heterocycles. The zero-order valence-corrected chi connectivity index (χ0v) is 16.5. The van der Waals surface area contributed by atoms with Crippen LogP contribution in [0.1, 0.15) is 22.2 Å². The van der Waals surface area contributed by atoms with Gasteiger partial charge in [0, 0.05) is 11.8 Å². The minimum Gasteiger partial charge on any atom is -0.506 e. The summed E-state index contributed by atoms with van der Waals surface area (Å²) in [6, 6.07) is 13.0. The predicted octanol–water partition coefficient (Wildman–Crippen LogP) is 4.43. The molecule has 8 heteroatoms. The molecular formula is C22H16ClNO6. The Hall–Kier alpha value is -3.71. The van der Waals surface area contributed by atoms with Crippen LogP contribution in [-0.4, -0.2) is 29.0 Å². The SMILES string of the molecule is COc1cccc(N2C(=O)C(O)=C(C(=O)c3ccco3)C2c2ccc(O)c(Cl)c2)c1. The van der Waals surface area contributed by atoms with Crippen LogP contribution in [0.2, 0.25) is 5.02 Å². The van der Waals surface area contributed by atoms with Gasteiger partial charge in [-0.25, -0.2) is 0 Å². The van der Waals surface area contributed by atoms with Gasteiger partial charge in [-0.05, 0) is 42.0 Å². The standard InChI is InChI=1S/C22H16ClNO6/c1-29-14-5-2-4-13(11-14)24-19(12-7-8-16(25)15(23)10-12)18(21(27)22(24)28)20(26)17-6-3-9-30-17/h2-11,19,25,27H,1H3. The molecule has 3 aromatic rings. The van der Waals surface area contributed by atoms with Crippen molar-refractivity contribution in [3.63, 3.8) is 0 Å². The summed E-state index contributed by atoms with van der Waals surface area (Å²) in [5.74, 6) is -1.75. The number of halogens is 1. The maximum atomic E-state index is 13.1. The van der Waals surface area contributed by atoms with E-state index in [4.69, 9.17) is 20.8 Å². The zero-order valence-electron chi connectivity index (χ0n) is 15.7. The summed E-state index contributed by atoms with van der Waals surface area (Å²) in [5.41, 5.74) is 0.676. The second-order valence-electron chi connectivity index (χ2n) is 6.56. The number of carbonyl (C=O) groups excluding carboxylic acids is 2. The number of ether oxygens (including phenoxy) is 1. The van der Waals surface area contributed by atoms with Crippen molar-refractivity contribution in [2.75, 3.05) is 12.0 Å². The number of amides is 1. The smallest absolute Gasteiger partial charge is 0.294 e. The third-order valence-corrected chi connectivity index (χ3v) is 5.12. The Balaban J connectivity index is 1.90. The molecule has 2 aromatic carbocycles. The number of aliphatic hydroxyl groups is 1. The lowest BCUT2D eigenvalue weighted by molar-refractivity contribution is -0.117. The second-order valence-corrected chi connectivity index (χ2v) is 6.97. The number of furan rings is 1. The number of nitrogens with zero attached hydrogens (tertiary/aromatic N) is 1. The van der Waals surface area contributed by atoms with E-state index in [1.807, 2.05) is 0 Å². The van der Waals surface area contributed by atoms with Gasteiger partial charge < -0.3 is 19.4 Å². The summed E-state index contributed by atoms with van der Waals surface area (Å²) >= 11 is 6.08. The Bertz CT molecular complexity index is 1170. The Morgan fingerprint density at radius 3 is 2.60 bits per heavy atom. The highest BCUT2D eigenvalue weighted by molar-refractivity contribution is 6.32. The van der Waals surface area contributed by atoms with Crippen molar-refractivity contribution in [2.45, 2.75) is 6.04 Å². The molecule has 1 atom stereocenters. The normalized spacial score (nSPS) is 16.3. The van der Waals surface area contributed by atoms with Gasteiger partial charge in [0.05, 0.1) is 30.0 Å². The summed E-state index contributed by atoms with van der Waals surface area (Å²) in [7, 11) is 1.49. The maximum Gasteiger partial charge on any atom is 0.294 e. The Morgan fingerprint density at radius 2 is 1.93 bits per heavy atom. The summed E-state index contributed by atoms with van der Waals surface area (Å²) in [6.07, 6.45) is 1.33. The fourth-order valence-corrected chi connectivity index (χ4v) is 3.60. The fourth-order valence-electron chi connectivity index (χ4n) is 3.41. The minimum atomic E-state index is -1.000. The van der Waals surface area contributed by atoms with Crippen LogP contribution in [0.15, 0.2) is 76.6 Å². The van der Waals surface area contributed by atoms with E-state index < -0.39 is 23.5 Å². The lowest BCUT2D eigenvalue weighted by Gasteiger charge is -2.27. The molecule has 0 radical (unpaired) electrons. The Kier molecular flexibility index (Phi) is 4.97. The van der Waals surface area contributed by atoms with E-state index in [9.17, 15) is 19.8 Å². The molecule has 0 aliphatic carbocycles. The molecule has 7 nitrogen and oxygen atoms in total. The number of rotatable bonds is 5. The lowest BCUT2D eigenvalue weighted by atomic mass is 9.94. The van der Waals surface area contributed by atoms with Crippen LogP contribution in [-0.2, 0) is 4.79 Å². The highest BCUT2D eigenvalue weighted by Gasteiger charge is 2.45. The van der Waals surface area contributed by atoms with Gasteiger partial charge in [-0.3, -0.25) is 14.5 Å². The lowest BCUT2D eigenvalue weighted by Crippen LogP contribution is -2.31. The van der Waals surface area contributed by atoms with E-state index in [1.165, 1.54) is 48.6 Å². The number of carbonyl (C=O) groups is 2. The molecule has 1 unspecified atom stereocenters. The van der Waals surface area contributed by atoms with Crippen molar-refractivity contribution in [2.24, 2.45) is 0 Å². The molecule has 2 heterocycles. The minimum absolute atomic E-state index is 0.0216. The van der Waals surface area contributed by atoms with Gasteiger partial charge in [0.2, 0.25) is 5.78 Å². The average Bonchev–Trinajstić information content (AvgIpc) is 3.37. The first kappa shape index (κ1) is 19.6. The molecule has 0 saturated carbocycles. The van der Waals surface area contributed by atoms with Gasteiger partial charge in [0.25, 0.3) is 5.91 Å². The van der Waals surface area contributed by atoms with Crippen molar-refractivity contribution in [1.82, 2.24) is 0 Å². The van der Waals surface area contributed by atoms with Crippen molar-refractivity contribution < 1.29 is 29.0 Å². The van der Waals surface area contributed by atoms with Crippen LogP contribution < -0.4 is 9.64 Å². The Morgan fingerprint density at radius 1 is 1.13 bits per heavy atom. The molecule has 1 amide bonds. The van der Waals surface area contributed by atoms with E-state index in [0.29, 0.717) is 17.0 Å². The number of hydrogen-bond acceptors (Lipinski definition) is 6. The van der Waals surface area contributed by atoms with Crippen LogP contribution in [0.5, 0.6) is 11.5 Å². The van der Waals surface area contributed by atoms with Gasteiger partial charge >= 0.3 is 0 Å². The molecule has 1 aliphatic rings. The molecule has 0 spiro atoms. The van der Waals surface area contributed by atoms with Crippen molar-refractivity contribution in [3.8, 4) is 11.5 Å². The largest absolute Gasteiger partial charge is 0.506 e. The number of phenols is 1. The topological polar surface area (TPSA) is 100 Å². The number of aromatic hydroxyl groups is 1. The van der Waals surface area contributed by atoms with Crippen LogP contribution >= 0.6 is 11.6 Å². The highest BCUT2D eigenvalue weighted by Crippen LogP contribution is 2.43. The van der Waals surface area contributed by atoms with Gasteiger partial charge in [-0.2, -0.15) is 0 Å². The molecule has 152 valence electrons. The number of benzene rings is 2. The summed E-state index contributed by atoms with van der Waals surface area (Å²) < 4.78 is 10.4. The monoisotopic (exact) mass is 425 g/mol. The number of ketones is 1. The van der Waals surface area contributed by atoms with Crippen LogP contribution in [0, 0.1) is 0 Å². The quantitative estimate of drug-likeness (QED) is 0.586. The highest BCUT2D eigenvalue weighted by atomic mass is 35.5. The summed E-state index contributed by atoms with van der Waals surface area (Å²) in [6.45, 7) is 0. The molecule has 4 rings (SSSR count). The number of methoxy groups -OCH3 is 1. The summed E-state index contributed by atoms with van der Waals surface area (Å²) in [5, 5.41) is 20.5. The molecule has 30 heavy (non-hydrogen) atoms. The third-order valence-electron chi connectivity index (χ3n) is 4.82. The average molecular weight is 426 g/mol. The predicted molar refractivity (Wildman–Crippen MR) is 109 cm³/mol. The van der Waals surface area contributed by atoms with E-state index in [-0.39, 0.29) is 22.1 Å². The van der Waals surface area contributed by atoms with Crippen molar-refractivity contribution >= 4 is 29.0 Å². The number of hydrogen-bond donors (Lipinski definition) is 2. The van der Waals surface area contributed by atoms with Crippen LogP contribution in [0.25, 0.3) is 0 Å². The van der Waals surface area contributed by atoms with Gasteiger partial charge in [-0.15, -0.1) is 0 Å². The molecule has 1 aromatic heterocycles. The molecule has 0 fully saturated rings. The maximum absolute atomic E-state index is 13.1. The van der Waals surface area contributed by atoms with E-state index >= 15 is 0 Å². The van der Waals surface area contributed by atoms with Gasteiger partial charge in [0.1, 0.15) is 11.5 Å². The zero-order chi connectivity index (χ0) is 21.4. The third kappa shape index (κ3) is 3.19. The number of aliphatic hydroxyl groups excluding tert-OH is 1. The van der Waals surface area contributed by atoms with E-state index in [1.54, 1.807) is 24.3 Å². The van der Waals surface area contributed by atoms with Gasteiger partial charge in [0.15, 0.2) is 11.5 Å². The molecule has 1 aliphatic heterocycles. The van der Waals surface area contributed by atoms with Crippen LogP contribution in [0.4, 0.5) is 5.69 Å². The van der Waals surface area contributed by atoms with E-state index in [2.05, 4.69) is 0 Å². The van der Waals surface area contributed by atoms with Crippen molar-refractivity contribution in [3.05, 3.63) is 88.5 Å².